The number of aryl methyl sites for hydroxylation is 1. The zero-order valence-electron chi connectivity index (χ0n) is 18.5. The number of fused-ring (bicyclic) bond motifs is 3. The van der Waals surface area contributed by atoms with Gasteiger partial charge in [0, 0.05) is 25.9 Å². The average molecular weight is 445 g/mol. The average Bonchev–Trinajstić information content (AvgIpc) is 3.39. The van der Waals surface area contributed by atoms with Crippen LogP contribution >= 0.6 is 0 Å². The Morgan fingerprint density at radius 1 is 1.03 bits per heavy atom. The molecule has 0 bridgehead atoms. The lowest BCUT2D eigenvalue weighted by molar-refractivity contribution is 0.158. The van der Waals surface area contributed by atoms with Gasteiger partial charge in [0.2, 0.25) is 5.78 Å². The molecule has 9 nitrogen and oxygen atoms in total. The summed E-state index contributed by atoms with van der Waals surface area (Å²) >= 11 is 0. The molecular formula is C24H23N5O4. The third-order valence-corrected chi connectivity index (χ3v) is 5.96. The lowest BCUT2D eigenvalue weighted by atomic mass is 10.1. The Bertz CT molecular complexity index is 1610. The summed E-state index contributed by atoms with van der Waals surface area (Å²) in [5, 5.41) is 11.0. The van der Waals surface area contributed by atoms with Gasteiger partial charge in [-0.05, 0) is 17.7 Å². The molecule has 0 aliphatic heterocycles. The van der Waals surface area contributed by atoms with E-state index in [4.69, 9.17) is 4.74 Å². The summed E-state index contributed by atoms with van der Waals surface area (Å²) in [5.74, 6) is 1.14. The Kier molecular flexibility index (Phi) is 4.90. The van der Waals surface area contributed by atoms with Crippen molar-refractivity contribution >= 4 is 16.9 Å². The van der Waals surface area contributed by atoms with E-state index in [0.29, 0.717) is 22.7 Å². The molecular weight excluding hydrogens is 422 g/mol. The SMILES string of the molecule is COc1cccc(-c2cn3c4c(=O)n(C)c(=O)n(C)c4nc3n2C[C@H](O)c2ccccc2)c1. The molecule has 0 saturated carbocycles. The first-order valence-electron chi connectivity index (χ1n) is 10.5. The highest BCUT2D eigenvalue weighted by Crippen LogP contribution is 2.29. The number of hydrogen-bond donors (Lipinski definition) is 1. The maximum absolute atomic E-state index is 13.0. The van der Waals surface area contributed by atoms with Crippen molar-refractivity contribution in [3.05, 3.63) is 87.2 Å². The molecule has 2 aromatic carbocycles. The lowest BCUT2D eigenvalue weighted by Gasteiger charge is -2.15. The molecule has 3 heterocycles. The molecule has 168 valence electrons. The van der Waals surface area contributed by atoms with Crippen molar-refractivity contribution in [2.75, 3.05) is 7.11 Å². The van der Waals surface area contributed by atoms with Crippen molar-refractivity contribution in [1.29, 1.82) is 0 Å². The molecule has 0 aliphatic carbocycles. The van der Waals surface area contributed by atoms with Crippen LogP contribution in [0, 0.1) is 0 Å². The zero-order chi connectivity index (χ0) is 23.3. The van der Waals surface area contributed by atoms with Gasteiger partial charge in [-0.15, -0.1) is 0 Å². The molecule has 0 radical (unpaired) electrons. The smallest absolute Gasteiger partial charge is 0.332 e. The summed E-state index contributed by atoms with van der Waals surface area (Å²) in [6.45, 7) is 0.199. The number of imidazole rings is 2. The van der Waals surface area contributed by atoms with Crippen LogP contribution in [0.2, 0.25) is 0 Å². The van der Waals surface area contributed by atoms with Crippen molar-refractivity contribution in [1.82, 2.24) is 23.1 Å². The van der Waals surface area contributed by atoms with E-state index in [0.717, 1.165) is 21.4 Å². The van der Waals surface area contributed by atoms with E-state index < -0.39 is 17.4 Å². The van der Waals surface area contributed by atoms with Gasteiger partial charge in [0.25, 0.3) is 5.56 Å². The van der Waals surface area contributed by atoms with E-state index in [-0.39, 0.29) is 6.54 Å². The Morgan fingerprint density at radius 3 is 2.52 bits per heavy atom. The van der Waals surface area contributed by atoms with Crippen LogP contribution in [0.25, 0.3) is 28.2 Å². The molecule has 3 aromatic heterocycles. The van der Waals surface area contributed by atoms with Crippen LogP contribution in [0.4, 0.5) is 0 Å². The monoisotopic (exact) mass is 445 g/mol. The van der Waals surface area contributed by atoms with Crippen molar-refractivity contribution in [2.45, 2.75) is 12.6 Å². The van der Waals surface area contributed by atoms with Crippen LogP contribution in [-0.4, -0.2) is 35.3 Å². The van der Waals surface area contributed by atoms with Gasteiger partial charge < -0.3 is 14.4 Å². The molecule has 0 fully saturated rings. The molecule has 1 atom stereocenters. The number of hydrogen-bond acceptors (Lipinski definition) is 5. The zero-order valence-corrected chi connectivity index (χ0v) is 18.5. The van der Waals surface area contributed by atoms with Crippen molar-refractivity contribution < 1.29 is 9.84 Å². The van der Waals surface area contributed by atoms with Crippen molar-refractivity contribution in [3.63, 3.8) is 0 Å². The van der Waals surface area contributed by atoms with Gasteiger partial charge in [0.1, 0.15) is 5.75 Å². The molecule has 5 rings (SSSR count). The third kappa shape index (κ3) is 3.25. The van der Waals surface area contributed by atoms with E-state index in [2.05, 4.69) is 4.98 Å². The second-order valence-corrected chi connectivity index (χ2v) is 7.94. The fourth-order valence-electron chi connectivity index (χ4n) is 4.16. The van der Waals surface area contributed by atoms with Crippen LogP contribution in [0.5, 0.6) is 5.75 Å². The maximum Gasteiger partial charge on any atom is 0.332 e. The number of aliphatic hydroxyl groups is 1. The van der Waals surface area contributed by atoms with Crippen LogP contribution in [-0.2, 0) is 20.6 Å². The number of aromatic nitrogens is 5. The molecule has 9 heteroatoms. The number of rotatable bonds is 5. The summed E-state index contributed by atoms with van der Waals surface area (Å²) in [6.07, 6.45) is 1.00. The second kappa shape index (κ2) is 7.79. The fraction of sp³-hybridized carbons (Fsp3) is 0.208. The van der Waals surface area contributed by atoms with Gasteiger partial charge in [-0.25, -0.2) is 4.79 Å². The van der Waals surface area contributed by atoms with E-state index in [9.17, 15) is 14.7 Å². The number of aliphatic hydroxyl groups excluding tert-OH is 1. The summed E-state index contributed by atoms with van der Waals surface area (Å²) < 4.78 is 11.3. The lowest BCUT2D eigenvalue weighted by Crippen LogP contribution is -2.37. The van der Waals surface area contributed by atoms with Gasteiger partial charge in [-0.1, -0.05) is 42.5 Å². The third-order valence-electron chi connectivity index (χ3n) is 5.96. The Morgan fingerprint density at radius 2 is 1.79 bits per heavy atom. The highest BCUT2D eigenvalue weighted by molar-refractivity contribution is 5.78. The first-order valence-corrected chi connectivity index (χ1v) is 10.5. The largest absolute Gasteiger partial charge is 0.497 e. The summed E-state index contributed by atoms with van der Waals surface area (Å²) in [6, 6.07) is 16.9. The predicted octanol–water partition coefficient (Wildman–Crippen LogP) is 2.10. The Balaban J connectivity index is 1.80. The second-order valence-electron chi connectivity index (χ2n) is 7.94. The molecule has 0 aliphatic rings. The molecule has 33 heavy (non-hydrogen) atoms. The first-order chi connectivity index (χ1) is 15.9. The number of methoxy groups -OCH3 is 1. The number of nitrogens with zero attached hydrogens (tertiary/aromatic N) is 5. The minimum absolute atomic E-state index is 0.199. The Hall–Kier alpha value is -4.11. The fourth-order valence-corrected chi connectivity index (χ4v) is 4.16. The molecule has 0 amide bonds. The predicted molar refractivity (Wildman–Crippen MR) is 125 cm³/mol. The minimum Gasteiger partial charge on any atom is -0.497 e. The van der Waals surface area contributed by atoms with Gasteiger partial charge >= 0.3 is 5.69 Å². The van der Waals surface area contributed by atoms with Gasteiger partial charge in [-0.2, -0.15) is 4.98 Å². The number of benzene rings is 2. The summed E-state index contributed by atoms with van der Waals surface area (Å²) in [5.41, 5.74) is 2.07. The van der Waals surface area contributed by atoms with E-state index in [1.165, 1.54) is 11.6 Å². The topological polar surface area (TPSA) is 95.7 Å². The summed E-state index contributed by atoms with van der Waals surface area (Å²) in [7, 11) is 4.63. The van der Waals surface area contributed by atoms with E-state index >= 15 is 0 Å². The van der Waals surface area contributed by atoms with Crippen molar-refractivity contribution in [3.8, 4) is 17.0 Å². The quantitative estimate of drug-likeness (QED) is 0.447. The number of ether oxygens (including phenoxy) is 1. The summed E-state index contributed by atoms with van der Waals surface area (Å²) in [4.78, 5) is 30.1. The van der Waals surface area contributed by atoms with Gasteiger partial charge in [0.15, 0.2) is 11.2 Å². The minimum atomic E-state index is -0.807. The molecule has 0 saturated heterocycles. The van der Waals surface area contributed by atoms with Gasteiger partial charge in [-0.3, -0.25) is 18.3 Å². The van der Waals surface area contributed by atoms with Crippen LogP contribution in [0.3, 0.4) is 0 Å². The Labute approximate surface area is 188 Å². The van der Waals surface area contributed by atoms with E-state index in [1.807, 2.05) is 65.4 Å². The molecule has 5 aromatic rings. The van der Waals surface area contributed by atoms with Gasteiger partial charge in [0.05, 0.1) is 25.5 Å². The highest BCUT2D eigenvalue weighted by Gasteiger charge is 2.22. The van der Waals surface area contributed by atoms with Crippen molar-refractivity contribution in [2.24, 2.45) is 14.1 Å². The molecule has 0 spiro atoms. The van der Waals surface area contributed by atoms with Crippen LogP contribution < -0.4 is 16.0 Å². The highest BCUT2D eigenvalue weighted by atomic mass is 16.5. The standard InChI is InChI=1S/C24H23N5O4/c1-26-21-20(22(31)27(2)24(26)32)29-13-18(16-10-7-11-17(12-16)33-3)28(23(29)25-21)14-19(30)15-8-5-4-6-9-15/h4-13,19,30H,14H2,1-3H3/t19-/m0/s1. The maximum atomic E-state index is 13.0. The first kappa shape index (κ1) is 20.8. The normalized spacial score (nSPS) is 12.5. The molecule has 0 unspecified atom stereocenters. The van der Waals surface area contributed by atoms with Crippen LogP contribution in [0.15, 0.2) is 70.4 Å². The molecule has 1 N–H and O–H groups in total. The van der Waals surface area contributed by atoms with Crippen LogP contribution in [0.1, 0.15) is 11.7 Å². The van der Waals surface area contributed by atoms with E-state index in [1.54, 1.807) is 18.6 Å².